The standard InChI is InChI=1S/C38H60N14O10/c1-21-32(57)49-24(31(39)56)12-6-7-15-43-29(54)19-28(48-30(55)20-46-22(2)53)36(61)51-26(14-9-17-45-38(42)62)34(59)52-27(18-23-10-4-3-5-11-23)35(60)50-25(33(58)47-21)13-8-16-44-37(40)41/h3-5,10-11,21,24-28H,6-9,12-20H2,1-2H3,(H2,39,56)(H,43,54)(H,46,53)(H,47,58)(H,48,55)(H,49,57)(H,50,60)(H,51,61)(H,52,59)(H4,40,41,44)(H3,42,45,62)/t21-,24?,25?,26-,27?,28?/m0/s1. The van der Waals surface area contributed by atoms with E-state index < -0.39 is 108 Å². The van der Waals surface area contributed by atoms with Crippen molar-refractivity contribution in [1.29, 1.82) is 0 Å². The third-order valence-electron chi connectivity index (χ3n) is 9.29. The number of nitrogens with one attached hydrogen (secondary N) is 9. The quantitative estimate of drug-likeness (QED) is 0.0475. The Hall–Kier alpha value is -7.01. The Labute approximate surface area is 358 Å². The predicted octanol–water partition coefficient (Wildman–Crippen LogP) is -5.03. The summed E-state index contributed by atoms with van der Waals surface area (Å²) in [6.07, 6.45) is -0.00739. The van der Waals surface area contributed by atoms with Gasteiger partial charge in [-0.25, -0.2) is 4.79 Å². The lowest BCUT2D eigenvalue weighted by Gasteiger charge is -2.27. The van der Waals surface area contributed by atoms with Crippen LogP contribution in [-0.2, 0) is 49.6 Å². The summed E-state index contributed by atoms with van der Waals surface area (Å²) in [5.74, 6) is -7.37. The van der Waals surface area contributed by atoms with Gasteiger partial charge in [-0.3, -0.25) is 48.1 Å². The van der Waals surface area contributed by atoms with E-state index in [2.05, 4.69) is 52.8 Å². The monoisotopic (exact) mass is 872 g/mol. The highest BCUT2D eigenvalue weighted by atomic mass is 16.2. The highest BCUT2D eigenvalue weighted by Crippen LogP contribution is 2.09. The summed E-state index contributed by atoms with van der Waals surface area (Å²) in [7, 11) is 0. The Morgan fingerprint density at radius 3 is 1.98 bits per heavy atom. The molecule has 1 saturated heterocycles. The number of nitrogens with two attached hydrogens (primary N) is 4. The van der Waals surface area contributed by atoms with Crippen molar-refractivity contribution in [2.24, 2.45) is 27.9 Å². The van der Waals surface area contributed by atoms with Crippen LogP contribution >= 0.6 is 0 Å². The van der Waals surface area contributed by atoms with Crippen LogP contribution in [0.3, 0.4) is 0 Å². The van der Waals surface area contributed by atoms with Crippen LogP contribution in [0.1, 0.15) is 70.8 Å². The number of primary amides is 2. The van der Waals surface area contributed by atoms with Crippen LogP contribution in [0.5, 0.6) is 0 Å². The molecule has 0 aliphatic carbocycles. The molecule has 342 valence electrons. The number of amides is 11. The zero-order valence-electron chi connectivity index (χ0n) is 34.9. The Morgan fingerprint density at radius 1 is 0.742 bits per heavy atom. The summed E-state index contributed by atoms with van der Waals surface area (Å²) >= 11 is 0. The SMILES string of the molecule is CC(=O)NCC(=O)NC1CC(=O)NCCCCC(C(N)=O)NC(=O)[C@H](C)NC(=O)C(CCCN=C(N)N)NC(=O)C(Cc2ccccc2)NC(=O)[C@H](CCCNC(N)=O)NC1=O. The molecular formula is C38H60N14O10. The molecule has 4 unspecified atom stereocenters. The lowest BCUT2D eigenvalue weighted by molar-refractivity contribution is -0.136. The molecule has 0 saturated carbocycles. The van der Waals surface area contributed by atoms with Gasteiger partial charge in [0.15, 0.2) is 5.96 Å². The molecule has 0 spiro atoms. The maximum atomic E-state index is 14.2. The van der Waals surface area contributed by atoms with Crippen molar-refractivity contribution in [2.45, 2.75) is 108 Å². The van der Waals surface area contributed by atoms with E-state index in [0.29, 0.717) is 5.56 Å². The average molecular weight is 873 g/mol. The number of hydrogen-bond acceptors (Lipinski definition) is 11. The number of rotatable bonds is 14. The summed E-state index contributed by atoms with van der Waals surface area (Å²) in [6.45, 7) is 2.10. The molecule has 24 nitrogen and oxygen atoms in total. The van der Waals surface area contributed by atoms with Crippen LogP contribution in [-0.4, -0.2) is 128 Å². The van der Waals surface area contributed by atoms with Gasteiger partial charge >= 0.3 is 6.03 Å². The fourth-order valence-electron chi connectivity index (χ4n) is 6.02. The van der Waals surface area contributed by atoms with Crippen molar-refractivity contribution >= 4 is 65.2 Å². The Morgan fingerprint density at radius 2 is 1.35 bits per heavy atom. The van der Waals surface area contributed by atoms with Crippen LogP contribution < -0.4 is 70.8 Å². The normalized spacial score (nSPS) is 22.4. The molecule has 1 aliphatic rings. The molecule has 6 atom stereocenters. The van der Waals surface area contributed by atoms with Gasteiger partial charge in [0.05, 0.1) is 13.0 Å². The number of nitrogens with zero attached hydrogens (tertiary/aromatic N) is 1. The minimum atomic E-state index is -1.57. The first-order chi connectivity index (χ1) is 29.4. The molecule has 1 fully saturated rings. The van der Waals surface area contributed by atoms with Crippen molar-refractivity contribution in [2.75, 3.05) is 26.2 Å². The number of guanidine groups is 1. The first-order valence-corrected chi connectivity index (χ1v) is 20.1. The molecule has 0 bridgehead atoms. The van der Waals surface area contributed by atoms with E-state index >= 15 is 0 Å². The molecule has 1 heterocycles. The second-order valence-corrected chi connectivity index (χ2v) is 14.5. The zero-order valence-corrected chi connectivity index (χ0v) is 34.9. The molecule has 17 N–H and O–H groups in total. The maximum absolute atomic E-state index is 14.2. The molecule has 11 amide bonds. The second kappa shape index (κ2) is 27.0. The molecule has 0 radical (unpaired) electrons. The van der Waals surface area contributed by atoms with Crippen molar-refractivity contribution in [3.8, 4) is 0 Å². The second-order valence-electron chi connectivity index (χ2n) is 14.5. The van der Waals surface area contributed by atoms with Gasteiger partial charge in [0.2, 0.25) is 53.2 Å². The lowest BCUT2D eigenvalue weighted by atomic mass is 10.0. The summed E-state index contributed by atoms with van der Waals surface area (Å²) in [5, 5.41) is 22.5. The maximum Gasteiger partial charge on any atom is 0.312 e. The molecule has 2 rings (SSSR count). The van der Waals surface area contributed by atoms with Gasteiger partial charge in [-0.15, -0.1) is 0 Å². The predicted molar refractivity (Wildman–Crippen MR) is 223 cm³/mol. The van der Waals surface area contributed by atoms with E-state index in [9.17, 15) is 47.9 Å². The molecule has 1 aromatic rings. The topological polar surface area (TPSA) is 395 Å². The minimum Gasteiger partial charge on any atom is -0.370 e. The van der Waals surface area contributed by atoms with Gasteiger partial charge in [-0.2, -0.15) is 0 Å². The Kier molecular flexibility index (Phi) is 22.2. The highest BCUT2D eigenvalue weighted by molar-refractivity contribution is 5.98. The van der Waals surface area contributed by atoms with Crippen molar-refractivity contribution < 1.29 is 47.9 Å². The first-order valence-electron chi connectivity index (χ1n) is 20.1. The first kappa shape index (κ1) is 51.1. The third kappa shape index (κ3) is 20.3. The summed E-state index contributed by atoms with van der Waals surface area (Å²) in [4.78, 5) is 134. The molecule has 1 aromatic carbocycles. The number of benzene rings is 1. The molecule has 0 aromatic heterocycles. The van der Waals surface area contributed by atoms with Gasteiger partial charge in [0, 0.05) is 33.0 Å². The van der Waals surface area contributed by atoms with Crippen LogP contribution in [0, 0.1) is 0 Å². The largest absolute Gasteiger partial charge is 0.370 e. The van der Waals surface area contributed by atoms with Gasteiger partial charge in [-0.1, -0.05) is 30.3 Å². The van der Waals surface area contributed by atoms with Gasteiger partial charge < -0.3 is 70.8 Å². The summed E-state index contributed by atoms with van der Waals surface area (Å²) in [5.41, 5.74) is 22.2. The summed E-state index contributed by atoms with van der Waals surface area (Å²) < 4.78 is 0. The Bertz CT molecular complexity index is 1780. The number of carbonyl (C=O) groups is 10. The van der Waals surface area contributed by atoms with E-state index in [-0.39, 0.29) is 77.0 Å². The number of hydrogen-bond donors (Lipinski definition) is 13. The van der Waals surface area contributed by atoms with Gasteiger partial charge in [0.25, 0.3) is 0 Å². The van der Waals surface area contributed by atoms with Crippen molar-refractivity contribution in [3.63, 3.8) is 0 Å². The smallest absolute Gasteiger partial charge is 0.312 e. The van der Waals surface area contributed by atoms with Crippen molar-refractivity contribution in [1.82, 2.24) is 47.9 Å². The van der Waals surface area contributed by atoms with Gasteiger partial charge in [-0.05, 0) is 57.4 Å². The summed E-state index contributed by atoms with van der Waals surface area (Å²) in [6, 6.07) is -0.396. The van der Waals surface area contributed by atoms with Crippen LogP contribution in [0.2, 0.25) is 0 Å². The molecule has 1 aliphatic heterocycles. The van der Waals surface area contributed by atoms with Gasteiger partial charge in [0.1, 0.15) is 36.3 Å². The van der Waals surface area contributed by atoms with Crippen LogP contribution in [0.25, 0.3) is 0 Å². The van der Waals surface area contributed by atoms with E-state index in [0.717, 1.165) is 0 Å². The average Bonchev–Trinajstić information content (AvgIpc) is 3.20. The van der Waals surface area contributed by atoms with E-state index in [4.69, 9.17) is 22.9 Å². The number of carbonyl (C=O) groups excluding carboxylic acids is 10. The fraction of sp³-hybridized carbons (Fsp3) is 0.553. The van der Waals surface area contributed by atoms with Crippen molar-refractivity contribution in [3.05, 3.63) is 35.9 Å². The van der Waals surface area contributed by atoms with E-state index in [1.54, 1.807) is 30.3 Å². The third-order valence-corrected chi connectivity index (χ3v) is 9.29. The fourth-order valence-corrected chi connectivity index (χ4v) is 6.02. The molecular weight excluding hydrogens is 813 g/mol. The minimum absolute atomic E-state index is 0.0184. The van der Waals surface area contributed by atoms with E-state index in [1.807, 2.05) is 0 Å². The molecule has 62 heavy (non-hydrogen) atoms. The van der Waals surface area contributed by atoms with Crippen LogP contribution in [0.15, 0.2) is 35.3 Å². The Balaban J connectivity index is 2.61. The highest BCUT2D eigenvalue weighted by Gasteiger charge is 2.33. The van der Waals surface area contributed by atoms with Crippen LogP contribution in [0.4, 0.5) is 4.79 Å². The lowest BCUT2D eigenvalue weighted by Crippen LogP contribution is -2.60. The number of urea groups is 1. The molecule has 24 heteroatoms. The number of aliphatic imine (C=N–C) groups is 1. The zero-order chi connectivity index (χ0) is 46.2. The van der Waals surface area contributed by atoms with E-state index in [1.165, 1.54) is 13.8 Å².